The van der Waals surface area contributed by atoms with Crippen molar-refractivity contribution in [3.05, 3.63) is 83.9 Å². The summed E-state index contributed by atoms with van der Waals surface area (Å²) in [7, 11) is 0. The predicted octanol–water partition coefficient (Wildman–Crippen LogP) is 6.30. The molecule has 2 nitrogen and oxygen atoms in total. The van der Waals surface area contributed by atoms with Crippen molar-refractivity contribution < 1.29 is 0 Å². The van der Waals surface area contributed by atoms with Gasteiger partial charge in [-0.2, -0.15) is 0 Å². The van der Waals surface area contributed by atoms with Crippen LogP contribution in [0.2, 0.25) is 5.02 Å². The zero-order valence-corrected chi connectivity index (χ0v) is 15.1. The molecule has 0 amide bonds. The second-order valence-corrected chi connectivity index (χ2v) is 6.90. The molecule has 0 aliphatic carbocycles. The van der Waals surface area contributed by atoms with Crippen LogP contribution in [0.25, 0.3) is 0 Å². The molecule has 0 radical (unpaired) electrons. The normalized spacial score (nSPS) is 10.2. The zero-order chi connectivity index (χ0) is 16.8. The van der Waals surface area contributed by atoms with Gasteiger partial charge in [0.05, 0.1) is 16.4 Å². The molecule has 0 heterocycles. The second kappa shape index (κ2) is 8.20. The molecular weight excluding hydrogens is 356 g/mol. The van der Waals surface area contributed by atoms with E-state index in [0.29, 0.717) is 10.1 Å². The van der Waals surface area contributed by atoms with Crippen LogP contribution in [-0.2, 0) is 0 Å². The van der Waals surface area contributed by atoms with Gasteiger partial charge in [0.2, 0.25) is 0 Å². The summed E-state index contributed by atoms with van der Waals surface area (Å²) in [4.78, 5) is 2.28. The first-order valence-corrected chi connectivity index (χ1v) is 8.97. The van der Waals surface area contributed by atoms with Crippen LogP contribution in [0.3, 0.4) is 0 Å². The van der Waals surface area contributed by atoms with E-state index < -0.39 is 0 Å². The highest BCUT2D eigenvalue weighted by Crippen LogP contribution is 2.33. The number of thiocarbonyl (C=S) groups is 1. The van der Waals surface area contributed by atoms with Gasteiger partial charge in [-0.3, -0.25) is 0 Å². The highest BCUT2D eigenvalue weighted by Gasteiger charge is 2.07. The summed E-state index contributed by atoms with van der Waals surface area (Å²) in [5.41, 5.74) is 1.74. The van der Waals surface area contributed by atoms with Gasteiger partial charge in [0, 0.05) is 9.79 Å². The summed E-state index contributed by atoms with van der Waals surface area (Å²) in [5.74, 6) is 0. The van der Waals surface area contributed by atoms with E-state index in [4.69, 9.17) is 23.8 Å². The minimum atomic E-state index is 0.504. The van der Waals surface area contributed by atoms with Crippen molar-refractivity contribution in [1.82, 2.24) is 0 Å². The van der Waals surface area contributed by atoms with Crippen molar-refractivity contribution >= 4 is 52.1 Å². The molecule has 2 N–H and O–H groups in total. The van der Waals surface area contributed by atoms with Crippen molar-refractivity contribution in [3.8, 4) is 0 Å². The quantitative estimate of drug-likeness (QED) is 0.526. The van der Waals surface area contributed by atoms with E-state index in [0.717, 1.165) is 16.3 Å². The summed E-state index contributed by atoms with van der Waals surface area (Å²) in [6.07, 6.45) is 0. The number of anilines is 2. The molecule has 0 spiro atoms. The largest absolute Gasteiger partial charge is 0.332 e. The van der Waals surface area contributed by atoms with Crippen molar-refractivity contribution in [3.63, 3.8) is 0 Å². The van der Waals surface area contributed by atoms with Crippen molar-refractivity contribution in [2.45, 2.75) is 9.79 Å². The fourth-order valence-electron chi connectivity index (χ4n) is 2.11. The van der Waals surface area contributed by atoms with Crippen molar-refractivity contribution in [2.24, 2.45) is 0 Å². The third kappa shape index (κ3) is 4.51. The molecule has 0 bridgehead atoms. The summed E-state index contributed by atoms with van der Waals surface area (Å²) < 4.78 is 0. The van der Waals surface area contributed by atoms with Crippen molar-refractivity contribution in [1.29, 1.82) is 0 Å². The molecule has 120 valence electrons. The van der Waals surface area contributed by atoms with E-state index >= 15 is 0 Å². The van der Waals surface area contributed by atoms with Crippen molar-refractivity contribution in [2.75, 3.05) is 10.6 Å². The summed E-state index contributed by atoms with van der Waals surface area (Å²) in [6.45, 7) is 0. The van der Waals surface area contributed by atoms with E-state index in [1.54, 1.807) is 11.8 Å². The number of nitrogens with one attached hydrogen (secondary N) is 2. The Labute approximate surface area is 156 Å². The second-order valence-electron chi connectivity index (χ2n) is 4.97. The lowest BCUT2D eigenvalue weighted by Gasteiger charge is -2.14. The van der Waals surface area contributed by atoms with E-state index in [9.17, 15) is 0 Å². The minimum absolute atomic E-state index is 0.504. The maximum Gasteiger partial charge on any atom is 0.175 e. The number of halogens is 1. The Morgan fingerprint density at radius 3 is 2.08 bits per heavy atom. The van der Waals surface area contributed by atoms with Gasteiger partial charge in [0.25, 0.3) is 0 Å². The van der Waals surface area contributed by atoms with E-state index in [1.807, 2.05) is 60.7 Å². The first kappa shape index (κ1) is 16.8. The van der Waals surface area contributed by atoms with Gasteiger partial charge in [-0.05, 0) is 48.6 Å². The maximum absolute atomic E-state index is 6.16. The highest BCUT2D eigenvalue weighted by molar-refractivity contribution is 7.99. The van der Waals surface area contributed by atoms with Crippen LogP contribution < -0.4 is 10.6 Å². The van der Waals surface area contributed by atoms with E-state index in [-0.39, 0.29) is 0 Å². The van der Waals surface area contributed by atoms with Crippen LogP contribution in [0.15, 0.2) is 88.7 Å². The molecule has 0 saturated heterocycles. The molecule has 3 rings (SSSR count). The minimum Gasteiger partial charge on any atom is -0.332 e. The lowest BCUT2D eigenvalue weighted by Crippen LogP contribution is -2.19. The zero-order valence-electron chi connectivity index (χ0n) is 12.7. The molecule has 24 heavy (non-hydrogen) atoms. The highest BCUT2D eigenvalue weighted by atomic mass is 35.5. The van der Waals surface area contributed by atoms with Crippen LogP contribution in [0.1, 0.15) is 0 Å². The number of hydrogen-bond acceptors (Lipinski definition) is 2. The third-order valence-electron chi connectivity index (χ3n) is 3.23. The SMILES string of the molecule is S=C(Nc1ccccc1Cl)Nc1ccccc1Sc1ccccc1. The van der Waals surface area contributed by atoms with Gasteiger partial charge in [-0.25, -0.2) is 0 Å². The third-order valence-corrected chi connectivity index (χ3v) is 4.85. The van der Waals surface area contributed by atoms with Crippen LogP contribution in [0.4, 0.5) is 11.4 Å². The first-order chi connectivity index (χ1) is 11.7. The molecule has 0 atom stereocenters. The summed E-state index contributed by atoms with van der Waals surface area (Å²) >= 11 is 13.3. The number of rotatable bonds is 4. The van der Waals surface area contributed by atoms with Crippen LogP contribution in [0, 0.1) is 0 Å². The molecule has 0 unspecified atom stereocenters. The summed E-state index contributed by atoms with van der Waals surface area (Å²) in [5, 5.41) is 7.51. The van der Waals surface area contributed by atoms with Crippen LogP contribution in [-0.4, -0.2) is 5.11 Å². The maximum atomic E-state index is 6.16. The van der Waals surface area contributed by atoms with Gasteiger partial charge < -0.3 is 10.6 Å². The molecule has 0 aliphatic rings. The van der Waals surface area contributed by atoms with E-state index in [2.05, 4.69) is 28.8 Å². The Kier molecular flexibility index (Phi) is 5.75. The topological polar surface area (TPSA) is 24.1 Å². The van der Waals surface area contributed by atoms with Gasteiger partial charge in [0.1, 0.15) is 0 Å². The van der Waals surface area contributed by atoms with Crippen LogP contribution >= 0.6 is 35.6 Å². The monoisotopic (exact) mass is 370 g/mol. The first-order valence-electron chi connectivity index (χ1n) is 7.37. The van der Waals surface area contributed by atoms with Gasteiger partial charge in [-0.1, -0.05) is 65.8 Å². The molecule has 5 heteroatoms. The fourth-order valence-corrected chi connectivity index (χ4v) is 3.44. The average Bonchev–Trinajstić information content (AvgIpc) is 2.60. The Balaban J connectivity index is 1.73. The summed E-state index contributed by atoms with van der Waals surface area (Å²) in [6, 6.07) is 25.8. The smallest absolute Gasteiger partial charge is 0.175 e. The predicted molar refractivity (Wildman–Crippen MR) is 108 cm³/mol. The molecule has 0 fully saturated rings. The number of benzene rings is 3. The van der Waals surface area contributed by atoms with Gasteiger partial charge >= 0.3 is 0 Å². The molecule has 0 saturated carbocycles. The standard InChI is InChI=1S/C19H15ClN2S2/c20-15-10-4-5-11-16(15)21-19(23)22-17-12-6-7-13-18(17)24-14-8-2-1-3-9-14/h1-13H,(H2,21,22,23). The number of para-hydroxylation sites is 2. The average molecular weight is 371 g/mol. The van der Waals surface area contributed by atoms with E-state index in [1.165, 1.54) is 4.90 Å². The Morgan fingerprint density at radius 1 is 0.750 bits per heavy atom. The molecule has 0 aliphatic heterocycles. The fraction of sp³-hybridized carbons (Fsp3) is 0. The number of hydrogen-bond donors (Lipinski definition) is 2. The Morgan fingerprint density at radius 2 is 1.33 bits per heavy atom. The van der Waals surface area contributed by atoms with Gasteiger partial charge in [0.15, 0.2) is 5.11 Å². The van der Waals surface area contributed by atoms with Gasteiger partial charge in [-0.15, -0.1) is 0 Å². The lowest BCUT2D eigenvalue weighted by molar-refractivity contribution is 1.40. The molecule has 0 aromatic heterocycles. The molecular formula is C19H15ClN2S2. The molecule has 3 aromatic carbocycles. The Hall–Kier alpha value is -2.01. The molecule has 3 aromatic rings. The lowest BCUT2D eigenvalue weighted by atomic mass is 10.3. The van der Waals surface area contributed by atoms with Crippen LogP contribution in [0.5, 0.6) is 0 Å². The Bertz CT molecular complexity index is 838.